The summed E-state index contributed by atoms with van der Waals surface area (Å²) in [5.74, 6) is 0.294. The van der Waals surface area contributed by atoms with Gasteiger partial charge in [-0.2, -0.15) is 0 Å². The molecule has 2 aromatic carbocycles. The normalized spacial score (nSPS) is 11.5. The van der Waals surface area contributed by atoms with Gasteiger partial charge >= 0.3 is 0 Å². The number of hydrogen-bond donors (Lipinski definition) is 3. The summed E-state index contributed by atoms with van der Waals surface area (Å²) in [6, 6.07) is 23.9. The maximum atomic E-state index is 13.0. The highest BCUT2D eigenvalue weighted by molar-refractivity contribution is 6.02. The van der Waals surface area contributed by atoms with Crippen LogP contribution in [0.5, 0.6) is 5.88 Å². The van der Waals surface area contributed by atoms with Crippen molar-refractivity contribution in [3.63, 3.8) is 0 Å². The number of rotatable bonds is 22. The average molecular weight is 712 g/mol. The molecular weight excluding hydrogens is 662 g/mol. The molecule has 2 heterocycles. The first-order chi connectivity index (χ1) is 25.3. The van der Waals surface area contributed by atoms with Crippen molar-refractivity contribution in [3.8, 4) is 5.88 Å². The third kappa shape index (κ3) is 13.7. The molecule has 0 aliphatic carbocycles. The number of pyridine rings is 1. The number of benzene rings is 2. The largest absolute Gasteiger partial charge is 0.481 e. The molecule has 3 amide bonds. The summed E-state index contributed by atoms with van der Waals surface area (Å²) >= 11 is 0. The van der Waals surface area contributed by atoms with E-state index in [-0.39, 0.29) is 23.4 Å². The molecular formula is C39H49N7O6. The third-order valence-corrected chi connectivity index (χ3v) is 7.84. The zero-order chi connectivity index (χ0) is 37.0. The second kappa shape index (κ2) is 21.7. The molecule has 0 saturated carbocycles. The average Bonchev–Trinajstić information content (AvgIpc) is 3.16. The van der Waals surface area contributed by atoms with Crippen molar-refractivity contribution in [2.75, 3.05) is 56.8 Å². The predicted octanol–water partition coefficient (Wildman–Crippen LogP) is 4.97. The van der Waals surface area contributed by atoms with Gasteiger partial charge in [0.25, 0.3) is 5.91 Å². The summed E-state index contributed by atoms with van der Waals surface area (Å²) in [6.45, 7) is 6.10. The Morgan fingerprint density at radius 1 is 0.846 bits per heavy atom. The second-order valence-corrected chi connectivity index (χ2v) is 12.4. The number of nitrogens with zero attached hydrogens (tertiary/aromatic N) is 4. The Morgan fingerprint density at radius 2 is 1.58 bits per heavy atom. The van der Waals surface area contributed by atoms with E-state index in [2.05, 4.69) is 30.9 Å². The van der Waals surface area contributed by atoms with Crippen molar-refractivity contribution < 1.29 is 28.6 Å². The Kier molecular flexibility index (Phi) is 16.5. The molecule has 1 atom stereocenters. The van der Waals surface area contributed by atoms with E-state index in [4.69, 9.17) is 14.2 Å². The highest BCUT2D eigenvalue weighted by Gasteiger charge is 2.21. The van der Waals surface area contributed by atoms with E-state index in [9.17, 15) is 14.4 Å². The highest BCUT2D eigenvalue weighted by Crippen LogP contribution is 2.22. The molecule has 4 rings (SSSR count). The molecule has 0 radical (unpaired) electrons. The summed E-state index contributed by atoms with van der Waals surface area (Å²) in [5, 5.41) is 8.59. The topological polar surface area (TPSA) is 157 Å². The van der Waals surface area contributed by atoms with E-state index in [1.54, 1.807) is 24.4 Å². The summed E-state index contributed by atoms with van der Waals surface area (Å²) in [5.41, 5.74) is 2.73. The Labute approximate surface area is 305 Å². The molecule has 2 aromatic heterocycles. The van der Waals surface area contributed by atoms with Crippen molar-refractivity contribution in [2.24, 2.45) is 5.92 Å². The number of aromatic nitrogens is 3. The van der Waals surface area contributed by atoms with Crippen LogP contribution in [0.25, 0.3) is 0 Å². The van der Waals surface area contributed by atoms with Gasteiger partial charge in [-0.05, 0) is 55.0 Å². The molecule has 0 saturated heterocycles. The number of carbonyl (C=O) groups excluding carboxylic acids is 3. The molecule has 13 heteroatoms. The van der Waals surface area contributed by atoms with Crippen LogP contribution in [0.1, 0.15) is 49.2 Å². The first-order valence-corrected chi connectivity index (χ1v) is 17.6. The first-order valence-electron chi connectivity index (χ1n) is 17.6. The Bertz CT molecular complexity index is 1660. The molecule has 3 N–H and O–H groups in total. The van der Waals surface area contributed by atoms with Crippen LogP contribution in [-0.2, 0) is 25.5 Å². The maximum Gasteiger partial charge on any atom is 0.274 e. The molecule has 0 unspecified atom stereocenters. The van der Waals surface area contributed by atoms with Crippen LogP contribution >= 0.6 is 0 Å². The van der Waals surface area contributed by atoms with Crippen LogP contribution < -0.4 is 25.6 Å². The molecule has 0 aliphatic rings. The van der Waals surface area contributed by atoms with Gasteiger partial charge in [0.1, 0.15) is 11.7 Å². The Morgan fingerprint density at radius 3 is 2.27 bits per heavy atom. The summed E-state index contributed by atoms with van der Waals surface area (Å²) in [4.78, 5) is 53.4. The van der Waals surface area contributed by atoms with Crippen LogP contribution in [0.15, 0.2) is 91.3 Å². The van der Waals surface area contributed by atoms with Crippen molar-refractivity contribution in [2.45, 2.75) is 45.6 Å². The predicted molar refractivity (Wildman–Crippen MR) is 200 cm³/mol. The SMILES string of the molecule is COc1ccc(NC(=O)c2ccnc(N(CCOCCOCCNC(=O)[C@H](CC(C)C)NC(=O)CCCc3ccccc3)c3ccccc3)n2)cn1. The first kappa shape index (κ1) is 39.4. The molecule has 0 fully saturated rings. The molecule has 4 aromatic rings. The molecule has 0 bridgehead atoms. The lowest BCUT2D eigenvalue weighted by atomic mass is 10.0. The Hall–Kier alpha value is -5.40. The zero-order valence-corrected chi connectivity index (χ0v) is 30.1. The van der Waals surface area contributed by atoms with E-state index < -0.39 is 11.9 Å². The van der Waals surface area contributed by atoms with Crippen LogP contribution in [0.3, 0.4) is 0 Å². The van der Waals surface area contributed by atoms with Gasteiger partial charge in [-0.3, -0.25) is 14.4 Å². The number of carbonyl (C=O) groups is 3. The van der Waals surface area contributed by atoms with E-state index in [0.717, 1.165) is 18.5 Å². The van der Waals surface area contributed by atoms with Crippen molar-refractivity contribution in [1.29, 1.82) is 0 Å². The quantitative estimate of drug-likeness (QED) is 0.0951. The third-order valence-electron chi connectivity index (χ3n) is 7.84. The van der Waals surface area contributed by atoms with Gasteiger partial charge in [0.05, 0.1) is 45.4 Å². The smallest absolute Gasteiger partial charge is 0.274 e. The van der Waals surface area contributed by atoms with Gasteiger partial charge in [-0.1, -0.05) is 62.4 Å². The number of ether oxygens (including phenoxy) is 3. The van der Waals surface area contributed by atoms with Crippen molar-refractivity contribution in [1.82, 2.24) is 25.6 Å². The fraction of sp³-hybridized carbons (Fsp3) is 0.385. The minimum atomic E-state index is -0.593. The number of methoxy groups -OCH3 is 1. The summed E-state index contributed by atoms with van der Waals surface area (Å²) in [6.07, 6.45) is 5.50. The number of anilines is 3. The second-order valence-electron chi connectivity index (χ2n) is 12.4. The van der Waals surface area contributed by atoms with E-state index in [1.165, 1.54) is 18.9 Å². The van der Waals surface area contributed by atoms with Crippen molar-refractivity contribution >= 4 is 35.0 Å². The van der Waals surface area contributed by atoms with Gasteiger partial charge in [0.2, 0.25) is 23.6 Å². The summed E-state index contributed by atoms with van der Waals surface area (Å²) in [7, 11) is 1.52. The molecule has 13 nitrogen and oxygen atoms in total. The van der Waals surface area contributed by atoms with Crippen LogP contribution in [0, 0.1) is 5.92 Å². The van der Waals surface area contributed by atoms with Gasteiger partial charge in [0.15, 0.2) is 0 Å². The number of para-hydroxylation sites is 1. The molecule has 0 aliphatic heterocycles. The lowest BCUT2D eigenvalue weighted by Crippen LogP contribution is -2.48. The molecule has 0 spiro atoms. The van der Waals surface area contributed by atoms with Gasteiger partial charge in [-0.15, -0.1) is 0 Å². The minimum absolute atomic E-state index is 0.122. The maximum absolute atomic E-state index is 13.0. The van der Waals surface area contributed by atoms with Crippen LogP contribution in [-0.4, -0.2) is 85.3 Å². The number of nitrogens with one attached hydrogen (secondary N) is 3. The zero-order valence-electron chi connectivity index (χ0n) is 30.1. The standard InChI is InChI=1S/C39H49N7O6/c1-29(2)27-34(44-35(47)16-10-13-30-11-6-4-7-12-30)37(48)40-21-23-51-25-26-52-24-22-46(32-14-8-5-9-15-32)39-41-20-19-33(45-39)38(49)43-31-17-18-36(50-3)42-28-31/h4-9,11-12,14-15,17-20,28-29,34H,10,13,16,21-27H2,1-3H3,(H,40,48)(H,43,49)(H,44,47)/t34-/m0/s1. The summed E-state index contributed by atoms with van der Waals surface area (Å²) < 4.78 is 16.6. The fourth-order valence-electron chi connectivity index (χ4n) is 5.24. The van der Waals surface area contributed by atoms with Gasteiger partial charge in [-0.25, -0.2) is 15.0 Å². The van der Waals surface area contributed by atoms with Gasteiger partial charge < -0.3 is 35.1 Å². The van der Waals surface area contributed by atoms with E-state index in [0.29, 0.717) is 69.9 Å². The fourth-order valence-corrected chi connectivity index (χ4v) is 5.24. The molecule has 52 heavy (non-hydrogen) atoms. The van der Waals surface area contributed by atoms with Crippen molar-refractivity contribution in [3.05, 3.63) is 103 Å². The van der Waals surface area contributed by atoms with E-state index in [1.807, 2.05) is 79.4 Å². The van der Waals surface area contributed by atoms with Gasteiger partial charge in [0, 0.05) is 37.5 Å². The lowest BCUT2D eigenvalue weighted by molar-refractivity contribution is -0.129. The monoisotopic (exact) mass is 711 g/mol. The van der Waals surface area contributed by atoms with Crippen LogP contribution in [0.4, 0.5) is 17.3 Å². The van der Waals surface area contributed by atoms with E-state index >= 15 is 0 Å². The molecule has 276 valence electrons. The van der Waals surface area contributed by atoms with Crippen LogP contribution in [0.2, 0.25) is 0 Å². The number of hydrogen-bond acceptors (Lipinski definition) is 10. The minimum Gasteiger partial charge on any atom is -0.481 e. The lowest BCUT2D eigenvalue weighted by Gasteiger charge is -2.23. The number of amides is 3. The number of aryl methyl sites for hydroxylation is 1. The Balaban J connectivity index is 1.17. The highest BCUT2D eigenvalue weighted by atomic mass is 16.5.